The van der Waals surface area contributed by atoms with Crippen LogP contribution in [0.5, 0.6) is 11.8 Å². The minimum atomic E-state index is -1.38. The number of terminal acetylenes is 1. The van der Waals surface area contributed by atoms with E-state index in [1.807, 2.05) is 19.9 Å². The van der Waals surface area contributed by atoms with Crippen LogP contribution >= 0.6 is 12.2 Å². The summed E-state index contributed by atoms with van der Waals surface area (Å²) in [5, 5.41) is 52.0. The second-order valence-corrected chi connectivity index (χ2v) is 24.0. The number of halogens is 1. The maximum Gasteiger partial charge on any atom is 0.234 e. The zero-order chi connectivity index (χ0) is 64.8. The Morgan fingerprint density at radius 3 is 1.70 bits per heavy atom. The molecule has 42 heteroatoms. The summed E-state index contributed by atoms with van der Waals surface area (Å²) in [7, 11) is -1.38. The van der Waals surface area contributed by atoms with Gasteiger partial charge in [0.15, 0.2) is 56.7 Å². The zero-order valence-electron chi connectivity index (χ0n) is 48.8. The van der Waals surface area contributed by atoms with Gasteiger partial charge in [-0.15, -0.1) is 37.0 Å². The van der Waals surface area contributed by atoms with E-state index >= 15 is 0 Å². The van der Waals surface area contributed by atoms with Crippen LogP contribution in [-0.4, -0.2) is 203 Å². The van der Waals surface area contributed by atoms with E-state index in [1.54, 1.807) is 43.6 Å². The largest absolute Gasteiger partial charge is 0.477 e. The van der Waals surface area contributed by atoms with Gasteiger partial charge in [-0.1, -0.05) is 38.8 Å². The standard InChI is InChI=1S/C8H10N4O.C7H11N5Si.C7H6N4O.C7H8N4O.C6H3N5.C5H3FN4.C5H2N6.C5H4N4S/c1-2-3-13-7-5-9-8-6(11-7)4-10-12-8;1-13(2,3)5-4-8-6-7(9-5)11-12-10-6;1-4(12)5-2-8-6-7(11-5)10-3-9-6;1-2-12-5-3-8-6-7(11-5)10-4-9-6;1-2-4-3-7-5-6(8-4)10-11-9-5;6-4-2-7-5-3(9-4)1-8-10-5;6-1-3-2-7-4-5(8-3)10-11-9-4;10-3-1-6-4-5(9-3)8-2-7-4/h4-5H,2-3H2,1H3,(H,9,10,12);4H,1-3H3,(H,8,9,10,11,12);2-3H,1H3,(H,8,9,10,11);3-4H,2H2,1H3,(H,8,9,10,11);1,3H,(H,7,8,9,10,11);1-2H,(H,7,8,10);2H,(H,7,8,9,10,11);1-2H,(H2,6,7,8,9,10). The summed E-state index contributed by atoms with van der Waals surface area (Å²) >= 11 is 4.84. The number of nitrogens with zero attached hydrogens (tertiary/aromatic N) is 27. The first-order valence-corrected chi connectivity index (χ1v) is 30.5. The van der Waals surface area contributed by atoms with E-state index in [0.29, 0.717) is 120 Å². The van der Waals surface area contributed by atoms with Crippen molar-refractivity contribution in [1.82, 2.24) is 176 Å². The molecule has 0 aliphatic rings. The van der Waals surface area contributed by atoms with Crippen LogP contribution in [0.25, 0.3) is 90.1 Å². The van der Waals surface area contributed by atoms with E-state index in [-0.39, 0.29) is 11.5 Å². The fraction of sp³-hybridized carbons (Fsp3) is 0.180. The van der Waals surface area contributed by atoms with E-state index in [9.17, 15) is 9.18 Å². The van der Waals surface area contributed by atoms with Gasteiger partial charge in [0.2, 0.25) is 51.6 Å². The summed E-state index contributed by atoms with van der Waals surface area (Å²) in [5.74, 6) is 2.74. The molecule has 16 aromatic heterocycles. The molecule has 16 rings (SSSR count). The average molecular weight is 1280 g/mol. The van der Waals surface area contributed by atoms with Crippen LogP contribution in [0.2, 0.25) is 19.6 Å². The summed E-state index contributed by atoms with van der Waals surface area (Å²) in [6, 6.07) is 1.85. The SMILES string of the molecule is C#Cc1cnc2n[nH]nc2n1.CC(=O)c1cnc2nc[nH]c2n1.CCCOc1cnc2[nH]ncc2n1.CCOc1cnc2nc[nH]c2n1.C[Si](C)(C)c1cnc2n[nH]nc2n1.Fc1cnc2[nH]ncc2n1.N#Cc1cnc2n[nH]nc2n1.S=c1cnc2nc[nH]c2[nH]1. The smallest absolute Gasteiger partial charge is 0.234 e. The molecule has 0 aliphatic carbocycles. The third-order valence-electron chi connectivity index (χ3n) is 11.0. The molecule has 0 fully saturated rings. The number of fused-ring (bicyclic) bond motifs is 8. The van der Waals surface area contributed by atoms with Crippen molar-refractivity contribution in [1.29, 1.82) is 5.26 Å². The third-order valence-corrected chi connectivity index (χ3v) is 13.0. The molecule has 0 amide bonds. The lowest BCUT2D eigenvalue weighted by Crippen LogP contribution is -2.40. The van der Waals surface area contributed by atoms with E-state index in [1.165, 1.54) is 38.0 Å². The summed E-state index contributed by atoms with van der Waals surface area (Å²) in [6.07, 6.45) is 25.6. The topological polar surface area (TPSA) is 537 Å². The van der Waals surface area contributed by atoms with Crippen molar-refractivity contribution in [3.05, 3.63) is 109 Å². The van der Waals surface area contributed by atoms with E-state index in [4.69, 9.17) is 33.4 Å². The van der Waals surface area contributed by atoms with Crippen LogP contribution in [0.4, 0.5) is 4.39 Å². The van der Waals surface area contributed by atoms with Gasteiger partial charge < -0.3 is 29.4 Å². The highest BCUT2D eigenvalue weighted by molar-refractivity contribution is 7.71. The molecule has 0 aliphatic heterocycles. The quantitative estimate of drug-likeness (QED) is 0.0476. The molecular formula is C50H47FN36O3SSi. The molecule has 9 N–H and O–H groups in total. The predicted molar refractivity (Wildman–Crippen MR) is 327 cm³/mol. The number of imidazole rings is 3. The number of aromatic amines is 9. The maximum absolute atomic E-state index is 12.3. The van der Waals surface area contributed by atoms with Gasteiger partial charge >= 0.3 is 0 Å². The molecule has 0 aromatic carbocycles. The zero-order valence-corrected chi connectivity index (χ0v) is 50.6. The maximum atomic E-state index is 12.3. The van der Waals surface area contributed by atoms with Crippen LogP contribution in [0, 0.1) is 34.3 Å². The monoisotopic (exact) mass is 1280 g/mol. The highest BCUT2D eigenvalue weighted by Gasteiger charge is 2.20. The Balaban J connectivity index is 0.000000124. The summed E-state index contributed by atoms with van der Waals surface area (Å²) < 4.78 is 23.4. The van der Waals surface area contributed by atoms with Gasteiger partial charge in [-0.3, -0.25) is 15.0 Å². The summed E-state index contributed by atoms with van der Waals surface area (Å²) in [5.41, 5.74) is 10.1. The highest BCUT2D eigenvalue weighted by atomic mass is 32.1. The molecular weight excluding hydrogens is 1230 g/mol. The number of carbonyl (C=O) groups excluding carboxylic acids is 1. The normalized spacial score (nSPS) is 10.5. The molecule has 0 atom stereocenters. The molecule has 0 unspecified atom stereocenters. The first-order chi connectivity index (χ1) is 44.7. The van der Waals surface area contributed by atoms with Gasteiger partial charge in [0.1, 0.15) is 41.2 Å². The Morgan fingerprint density at radius 2 is 1.08 bits per heavy atom. The first kappa shape index (κ1) is 63.4. The number of hydrogen-bond acceptors (Lipinski definition) is 31. The third kappa shape index (κ3) is 17.3. The number of rotatable bonds is 7. The number of ketones is 1. The van der Waals surface area contributed by atoms with Crippen molar-refractivity contribution < 1.29 is 18.7 Å². The van der Waals surface area contributed by atoms with E-state index < -0.39 is 14.0 Å². The summed E-state index contributed by atoms with van der Waals surface area (Å²) in [4.78, 5) is 93.6. The van der Waals surface area contributed by atoms with Crippen LogP contribution < -0.4 is 14.8 Å². The number of H-pyrrole nitrogens is 9. The van der Waals surface area contributed by atoms with E-state index in [0.717, 1.165) is 29.1 Å². The van der Waals surface area contributed by atoms with Crippen molar-refractivity contribution in [2.75, 3.05) is 13.2 Å². The number of Topliss-reactive ketones (excluding diaryl/α,β-unsaturated/α-hetero) is 1. The predicted octanol–water partition coefficient (Wildman–Crippen LogP) is 3.60. The number of carbonyl (C=O) groups is 1. The van der Waals surface area contributed by atoms with Crippen molar-refractivity contribution in [2.45, 2.75) is 46.8 Å². The number of hydrogen-bond donors (Lipinski definition) is 9. The molecule has 462 valence electrons. The fourth-order valence-electron chi connectivity index (χ4n) is 6.71. The Hall–Kier alpha value is -13.1. The van der Waals surface area contributed by atoms with Gasteiger partial charge in [0.25, 0.3) is 0 Å². The van der Waals surface area contributed by atoms with E-state index in [2.05, 4.69) is 202 Å². The number of ether oxygens (including phenoxy) is 2. The minimum Gasteiger partial charge on any atom is -0.477 e. The Kier molecular flexibility index (Phi) is 21.0. The lowest BCUT2D eigenvalue weighted by molar-refractivity contribution is 0.101. The van der Waals surface area contributed by atoms with Gasteiger partial charge in [-0.2, -0.15) is 40.5 Å². The summed E-state index contributed by atoms with van der Waals surface area (Å²) in [6.45, 7) is 13.3. The molecule has 0 saturated heterocycles. The van der Waals surface area contributed by atoms with Crippen molar-refractivity contribution in [3.8, 4) is 30.2 Å². The molecule has 16 aromatic rings. The molecule has 0 saturated carbocycles. The van der Waals surface area contributed by atoms with Crippen LogP contribution in [-0.2, 0) is 0 Å². The molecule has 16 heterocycles. The van der Waals surface area contributed by atoms with Gasteiger partial charge in [-0.05, 0) is 19.3 Å². The number of nitrogens with one attached hydrogen (secondary N) is 9. The van der Waals surface area contributed by atoms with Crippen LogP contribution in [0.15, 0.2) is 81.0 Å². The first-order valence-electron chi connectivity index (χ1n) is 26.6. The van der Waals surface area contributed by atoms with Gasteiger partial charge in [-0.25, -0.2) is 84.7 Å². The molecule has 92 heavy (non-hydrogen) atoms. The Bertz CT molecular complexity index is 5100. The van der Waals surface area contributed by atoms with Crippen LogP contribution in [0.1, 0.15) is 49.1 Å². The molecule has 0 bridgehead atoms. The fourth-order valence-corrected chi connectivity index (χ4v) is 7.76. The molecule has 39 nitrogen and oxygen atoms in total. The minimum absolute atomic E-state index is 0.0981. The lowest BCUT2D eigenvalue weighted by Gasteiger charge is -2.13. The molecule has 0 spiro atoms. The van der Waals surface area contributed by atoms with Gasteiger partial charge in [0.05, 0.1) is 88.0 Å². The van der Waals surface area contributed by atoms with Crippen molar-refractivity contribution in [3.63, 3.8) is 0 Å². The molecule has 0 radical (unpaired) electrons. The Labute approximate surface area is 518 Å². The van der Waals surface area contributed by atoms with Gasteiger partial charge in [0, 0.05) is 18.4 Å². The second-order valence-electron chi connectivity index (χ2n) is 18.6. The van der Waals surface area contributed by atoms with Crippen molar-refractivity contribution in [2.24, 2.45) is 0 Å². The average Bonchev–Trinajstić information content (AvgIpc) is 2.43. The Morgan fingerprint density at radius 1 is 0.554 bits per heavy atom. The highest BCUT2D eigenvalue weighted by Crippen LogP contribution is 2.12. The lowest BCUT2D eigenvalue weighted by atomic mass is 10.3. The second kappa shape index (κ2) is 30.5. The number of aromatic nitrogens is 35. The van der Waals surface area contributed by atoms with Crippen molar-refractivity contribution >= 4 is 121 Å². The number of nitriles is 1. The van der Waals surface area contributed by atoms with Crippen LogP contribution in [0.3, 0.4) is 0 Å².